The second-order valence-corrected chi connectivity index (χ2v) is 4.28. The number of nitrogens with zero attached hydrogens (tertiary/aromatic N) is 5. The molecule has 0 aliphatic rings. The molecule has 0 aliphatic heterocycles. The molecule has 0 atom stereocenters. The number of halogens is 1. The SMILES string of the molecule is Cn1cc(CCNc2nc3ccc(F)cn3n2)cn1. The Morgan fingerprint density at radius 3 is 3.00 bits per heavy atom. The van der Waals surface area contributed by atoms with E-state index in [1.165, 1.54) is 16.8 Å². The number of anilines is 1. The molecular weight excluding hydrogens is 247 g/mol. The van der Waals surface area contributed by atoms with Crippen LogP contribution in [-0.4, -0.2) is 30.9 Å². The quantitative estimate of drug-likeness (QED) is 0.767. The summed E-state index contributed by atoms with van der Waals surface area (Å²) in [5.41, 5.74) is 1.76. The third kappa shape index (κ3) is 2.54. The number of nitrogens with one attached hydrogen (secondary N) is 1. The molecule has 98 valence electrons. The van der Waals surface area contributed by atoms with E-state index in [-0.39, 0.29) is 5.82 Å². The van der Waals surface area contributed by atoms with E-state index in [9.17, 15) is 4.39 Å². The van der Waals surface area contributed by atoms with Gasteiger partial charge in [0.1, 0.15) is 5.82 Å². The monoisotopic (exact) mass is 260 g/mol. The predicted octanol–water partition coefficient (Wildman–Crippen LogP) is 1.26. The Bertz CT molecular complexity index is 701. The van der Waals surface area contributed by atoms with Crippen LogP contribution in [0, 0.1) is 5.82 Å². The number of hydrogen-bond acceptors (Lipinski definition) is 4. The summed E-state index contributed by atoms with van der Waals surface area (Å²) in [6.45, 7) is 0.699. The van der Waals surface area contributed by atoms with E-state index in [0.29, 0.717) is 18.1 Å². The highest BCUT2D eigenvalue weighted by molar-refractivity contribution is 5.43. The Balaban J connectivity index is 1.65. The molecule has 0 saturated heterocycles. The van der Waals surface area contributed by atoms with Gasteiger partial charge in [0.05, 0.1) is 12.4 Å². The predicted molar refractivity (Wildman–Crippen MR) is 68.3 cm³/mol. The molecule has 19 heavy (non-hydrogen) atoms. The van der Waals surface area contributed by atoms with Crippen molar-refractivity contribution >= 4 is 11.6 Å². The van der Waals surface area contributed by atoms with E-state index in [1.807, 2.05) is 19.4 Å². The van der Waals surface area contributed by atoms with Crippen molar-refractivity contribution in [3.05, 3.63) is 42.1 Å². The van der Waals surface area contributed by atoms with Gasteiger partial charge in [-0.1, -0.05) is 0 Å². The van der Waals surface area contributed by atoms with Crippen LogP contribution in [0.5, 0.6) is 0 Å². The summed E-state index contributed by atoms with van der Waals surface area (Å²) < 4.78 is 16.2. The smallest absolute Gasteiger partial charge is 0.243 e. The van der Waals surface area contributed by atoms with E-state index in [2.05, 4.69) is 20.5 Å². The topological polar surface area (TPSA) is 60.0 Å². The first-order valence-electron chi connectivity index (χ1n) is 5.94. The Kier molecular flexibility index (Phi) is 2.86. The zero-order chi connectivity index (χ0) is 13.2. The van der Waals surface area contributed by atoms with Gasteiger partial charge in [0, 0.05) is 19.8 Å². The highest BCUT2D eigenvalue weighted by Gasteiger charge is 2.04. The second kappa shape index (κ2) is 4.68. The van der Waals surface area contributed by atoms with Gasteiger partial charge in [0.2, 0.25) is 5.95 Å². The Morgan fingerprint density at radius 2 is 2.21 bits per heavy atom. The van der Waals surface area contributed by atoms with Crippen molar-refractivity contribution in [1.29, 1.82) is 0 Å². The first-order valence-corrected chi connectivity index (χ1v) is 5.94. The van der Waals surface area contributed by atoms with E-state index in [4.69, 9.17) is 0 Å². The van der Waals surface area contributed by atoms with Gasteiger partial charge >= 0.3 is 0 Å². The molecule has 0 unspecified atom stereocenters. The van der Waals surface area contributed by atoms with E-state index in [0.717, 1.165) is 12.0 Å². The molecule has 3 aromatic heterocycles. The number of hydrogen-bond donors (Lipinski definition) is 1. The maximum Gasteiger partial charge on any atom is 0.243 e. The molecule has 1 N–H and O–H groups in total. The molecule has 0 bridgehead atoms. The average molecular weight is 260 g/mol. The molecular formula is C12H13FN6. The third-order valence-corrected chi connectivity index (χ3v) is 2.75. The van der Waals surface area contributed by atoms with Crippen molar-refractivity contribution in [2.24, 2.45) is 7.05 Å². The van der Waals surface area contributed by atoms with Crippen LogP contribution in [0.2, 0.25) is 0 Å². The molecule has 0 fully saturated rings. The second-order valence-electron chi connectivity index (χ2n) is 4.28. The lowest BCUT2D eigenvalue weighted by Gasteiger charge is -1.98. The van der Waals surface area contributed by atoms with Gasteiger partial charge in [-0.2, -0.15) is 10.1 Å². The normalized spacial score (nSPS) is 11.1. The largest absolute Gasteiger partial charge is 0.353 e. The number of aromatic nitrogens is 5. The number of rotatable bonds is 4. The summed E-state index contributed by atoms with van der Waals surface area (Å²) in [4.78, 5) is 4.24. The molecule has 3 heterocycles. The number of fused-ring (bicyclic) bond motifs is 1. The molecule has 6 nitrogen and oxygen atoms in total. The minimum absolute atomic E-state index is 0.334. The van der Waals surface area contributed by atoms with Crippen molar-refractivity contribution in [2.45, 2.75) is 6.42 Å². The first kappa shape index (κ1) is 11.6. The molecule has 0 radical (unpaired) electrons. The van der Waals surface area contributed by atoms with Crippen LogP contribution in [-0.2, 0) is 13.5 Å². The van der Waals surface area contributed by atoms with E-state index in [1.54, 1.807) is 10.7 Å². The van der Waals surface area contributed by atoms with Crippen LogP contribution >= 0.6 is 0 Å². The van der Waals surface area contributed by atoms with Gasteiger partial charge in [0.15, 0.2) is 5.65 Å². The lowest BCUT2D eigenvalue weighted by atomic mass is 10.2. The van der Waals surface area contributed by atoms with Gasteiger partial charge < -0.3 is 5.32 Å². The average Bonchev–Trinajstić information content (AvgIpc) is 2.95. The summed E-state index contributed by atoms with van der Waals surface area (Å²) in [6.07, 6.45) is 5.93. The van der Waals surface area contributed by atoms with Crippen LogP contribution in [0.1, 0.15) is 5.56 Å². The molecule has 3 aromatic rings. The van der Waals surface area contributed by atoms with E-state index < -0.39 is 0 Å². The van der Waals surface area contributed by atoms with Gasteiger partial charge in [-0.25, -0.2) is 8.91 Å². The lowest BCUT2D eigenvalue weighted by Crippen LogP contribution is -2.05. The minimum atomic E-state index is -0.334. The fourth-order valence-electron chi connectivity index (χ4n) is 1.85. The van der Waals surface area contributed by atoms with Crippen LogP contribution < -0.4 is 5.32 Å². The fourth-order valence-corrected chi connectivity index (χ4v) is 1.85. The van der Waals surface area contributed by atoms with Gasteiger partial charge in [-0.15, -0.1) is 5.10 Å². The van der Waals surface area contributed by atoms with Crippen LogP contribution in [0.25, 0.3) is 5.65 Å². The van der Waals surface area contributed by atoms with Crippen molar-refractivity contribution in [3.63, 3.8) is 0 Å². The van der Waals surface area contributed by atoms with Crippen molar-refractivity contribution < 1.29 is 4.39 Å². The van der Waals surface area contributed by atoms with Crippen molar-refractivity contribution in [3.8, 4) is 0 Å². The fraction of sp³-hybridized carbons (Fsp3) is 0.250. The summed E-state index contributed by atoms with van der Waals surface area (Å²) in [7, 11) is 1.88. The standard InChI is InChI=1S/C12H13FN6/c1-18-7-9(6-15-18)4-5-14-12-16-11-3-2-10(13)8-19(11)17-12/h2-3,6-8H,4-5H2,1H3,(H,14,17). The summed E-state index contributed by atoms with van der Waals surface area (Å²) in [5.74, 6) is 0.161. The Hall–Kier alpha value is -2.44. The molecule has 7 heteroatoms. The molecule has 0 saturated carbocycles. The molecule has 3 rings (SSSR count). The molecule has 0 aromatic carbocycles. The lowest BCUT2D eigenvalue weighted by molar-refractivity contribution is 0.615. The Morgan fingerprint density at radius 1 is 1.32 bits per heavy atom. The summed E-state index contributed by atoms with van der Waals surface area (Å²) in [6, 6.07) is 2.96. The summed E-state index contributed by atoms with van der Waals surface area (Å²) >= 11 is 0. The third-order valence-electron chi connectivity index (χ3n) is 2.75. The number of pyridine rings is 1. The number of aryl methyl sites for hydroxylation is 1. The van der Waals surface area contributed by atoms with Crippen LogP contribution in [0.15, 0.2) is 30.7 Å². The van der Waals surface area contributed by atoms with Gasteiger partial charge in [0.25, 0.3) is 0 Å². The van der Waals surface area contributed by atoms with Crippen LogP contribution in [0.4, 0.5) is 10.3 Å². The Labute approximate surface area is 108 Å². The maximum atomic E-state index is 13.0. The summed E-state index contributed by atoms with van der Waals surface area (Å²) in [5, 5.41) is 11.4. The van der Waals surface area contributed by atoms with Gasteiger partial charge in [-0.3, -0.25) is 4.68 Å². The van der Waals surface area contributed by atoms with Crippen LogP contribution in [0.3, 0.4) is 0 Å². The van der Waals surface area contributed by atoms with E-state index >= 15 is 0 Å². The molecule has 0 spiro atoms. The highest BCUT2D eigenvalue weighted by atomic mass is 19.1. The highest BCUT2D eigenvalue weighted by Crippen LogP contribution is 2.07. The minimum Gasteiger partial charge on any atom is -0.353 e. The van der Waals surface area contributed by atoms with Crippen molar-refractivity contribution in [2.75, 3.05) is 11.9 Å². The van der Waals surface area contributed by atoms with Crippen molar-refractivity contribution in [1.82, 2.24) is 24.4 Å². The molecule has 0 aliphatic carbocycles. The zero-order valence-electron chi connectivity index (χ0n) is 10.4. The molecule has 0 amide bonds. The maximum absolute atomic E-state index is 13.0. The first-order chi connectivity index (χ1) is 9.20. The zero-order valence-corrected chi connectivity index (χ0v) is 10.4. The van der Waals surface area contributed by atoms with Gasteiger partial charge in [-0.05, 0) is 24.1 Å².